The number of hydrogen-bond donors (Lipinski definition) is 1. The van der Waals surface area contributed by atoms with Gasteiger partial charge in [0.25, 0.3) is 0 Å². The number of nitrogens with one attached hydrogen (secondary N) is 1. The van der Waals surface area contributed by atoms with E-state index in [1.165, 1.54) is 18.0 Å². The van der Waals surface area contributed by atoms with Crippen LogP contribution in [0.5, 0.6) is 0 Å². The molecule has 0 saturated heterocycles. The normalized spacial score (nSPS) is 15.3. The largest absolute Gasteiger partial charge is 0.251 e. The van der Waals surface area contributed by atoms with E-state index < -0.39 is 0 Å². The van der Waals surface area contributed by atoms with Gasteiger partial charge >= 0.3 is 0 Å². The van der Waals surface area contributed by atoms with Crippen molar-refractivity contribution < 1.29 is 0 Å². The highest BCUT2D eigenvalue weighted by molar-refractivity contribution is 8.14. The van der Waals surface area contributed by atoms with Crippen LogP contribution >= 0.6 is 24.0 Å². The first-order valence-corrected chi connectivity index (χ1v) is 4.20. The van der Waals surface area contributed by atoms with Crippen LogP contribution in [0.2, 0.25) is 0 Å². The topological polar surface area (TPSA) is 66.3 Å². The molecule has 1 aliphatic rings. The standard InChI is InChI=1S/C5H2N5S2/c11-3-1-6-5(8-3)12-4-2-7-10-9-4/h1H,(H,7,9,10). The van der Waals surface area contributed by atoms with Crippen LogP contribution in [-0.2, 0) is 0 Å². The van der Waals surface area contributed by atoms with Crippen LogP contribution in [0.3, 0.4) is 0 Å². The molecule has 1 N–H and O–H groups in total. The van der Waals surface area contributed by atoms with Crippen molar-refractivity contribution in [3.8, 4) is 0 Å². The van der Waals surface area contributed by atoms with Gasteiger partial charge in [-0.1, -0.05) is 17.4 Å². The molecule has 0 saturated carbocycles. The van der Waals surface area contributed by atoms with Gasteiger partial charge in [0.15, 0.2) is 5.17 Å². The highest BCUT2D eigenvalue weighted by Crippen LogP contribution is 2.17. The molecule has 0 spiro atoms. The smallest absolute Gasteiger partial charge is 0.195 e. The number of hydrogen-bond acceptors (Lipinski definition) is 5. The van der Waals surface area contributed by atoms with Crippen LogP contribution in [0.1, 0.15) is 0 Å². The second-order valence-corrected chi connectivity index (χ2v) is 3.24. The molecule has 0 unspecified atom stereocenters. The fraction of sp³-hybridized carbons (Fsp3) is 0. The molecule has 1 aliphatic heterocycles. The third kappa shape index (κ3) is 1.56. The molecule has 1 aromatic rings. The van der Waals surface area contributed by atoms with Gasteiger partial charge in [0.2, 0.25) is 0 Å². The Morgan fingerprint density at radius 2 is 2.50 bits per heavy atom. The number of thiocarbonyl (C=S) groups is 1. The predicted molar refractivity (Wildman–Crippen MR) is 49.6 cm³/mol. The maximum atomic E-state index is 4.79. The first kappa shape index (κ1) is 7.56. The van der Waals surface area contributed by atoms with E-state index in [1.54, 1.807) is 0 Å². The van der Waals surface area contributed by atoms with Crippen LogP contribution in [0.15, 0.2) is 15.0 Å². The van der Waals surface area contributed by atoms with Crippen molar-refractivity contribution in [3.05, 3.63) is 6.20 Å². The average Bonchev–Trinajstić information content (AvgIpc) is 2.63. The lowest BCUT2D eigenvalue weighted by Crippen LogP contribution is -1.83. The number of aliphatic imine (C=N–C) groups is 2. The molecule has 0 atom stereocenters. The molecule has 1 radical (unpaired) electrons. The Morgan fingerprint density at radius 3 is 3.08 bits per heavy atom. The minimum absolute atomic E-state index is 0.491. The van der Waals surface area contributed by atoms with Gasteiger partial charge in [-0.25, -0.2) is 9.98 Å². The summed E-state index contributed by atoms with van der Waals surface area (Å²) < 4.78 is 0. The van der Waals surface area contributed by atoms with Crippen LogP contribution in [0.4, 0.5) is 0 Å². The third-order valence-corrected chi connectivity index (χ3v) is 2.00. The Hall–Kier alpha value is -1.08. The van der Waals surface area contributed by atoms with E-state index in [9.17, 15) is 0 Å². The minimum atomic E-state index is 0.491. The van der Waals surface area contributed by atoms with E-state index in [2.05, 4.69) is 31.6 Å². The van der Waals surface area contributed by atoms with Crippen LogP contribution < -0.4 is 0 Å². The molecule has 0 fully saturated rings. The third-order valence-electron chi connectivity index (χ3n) is 1.04. The van der Waals surface area contributed by atoms with Gasteiger partial charge in [0.1, 0.15) is 16.2 Å². The summed E-state index contributed by atoms with van der Waals surface area (Å²) in [6.07, 6.45) is 4.16. The van der Waals surface area contributed by atoms with Crippen molar-refractivity contribution in [3.63, 3.8) is 0 Å². The number of H-pyrrole nitrogens is 1. The van der Waals surface area contributed by atoms with Crippen LogP contribution in [0, 0.1) is 6.20 Å². The second kappa shape index (κ2) is 3.11. The van der Waals surface area contributed by atoms with Gasteiger partial charge in [-0.2, -0.15) is 0 Å². The molecule has 12 heavy (non-hydrogen) atoms. The molecule has 5 nitrogen and oxygen atoms in total. The summed E-state index contributed by atoms with van der Waals surface area (Å²) in [6, 6.07) is 0. The van der Waals surface area contributed by atoms with Gasteiger partial charge in [-0.05, 0) is 11.8 Å². The van der Waals surface area contributed by atoms with Crippen LogP contribution in [0.25, 0.3) is 0 Å². The Kier molecular flexibility index (Phi) is 1.96. The summed E-state index contributed by atoms with van der Waals surface area (Å²) in [5, 5.41) is 10.9. The Morgan fingerprint density at radius 1 is 1.58 bits per heavy atom. The average molecular weight is 196 g/mol. The number of aromatic nitrogens is 3. The van der Waals surface area contributed by atoms with E-state index in [1.807, 2.05) is 0 Å². The molecule has 2 heterocycles. The monoisotopic (exact) mass is 196 g/mol. The number of amidine groups is 1. The van der Waals surface area contributed by atoms with Crippen LogP contribution in [-0.4, -0.2) is 31.8 Å². The van der Waals surface area contributed by atoms with Gasteiger partial charge in [-0.3, -0.25) is 5.10 Å². The van der Waals surface area contributed by atoms with Gasteiger partial charge in [0.05, 0.1) is 6.21 Å². The van der Waals surface area contributed by atoms with Crippen molar-refractivity contribution in [2.75, 3.05) is 0 Å². The number of rotatable bonds is 1. The Balaban J connectivity index is 2.11. The lowest BCUT2D eigenvalue weighted by Gasteiger charge is -1.88. The van der Waals surface area contributed by atoms with E-state index >= 15 is 0 Å². The molecule has 0 bridgehead atoms. The fourth-order valence-corrected chi connectivity index (χ4v) is 1.42. The first-order valence-electron chi connectivity index (χ1n) is 2.98. The van der Waals surface area contributed by atoms with Gasteiger partial charge in [-0.15, -0.1) is 5.10 Å². The SMILES string of the molecule is S=C1C=NC(Sc2[c]nn[nH]2)=N1. The summed E-state index contributed by atoms with van der Waals surface area (Å²) in [5.41, 5.74) is 0. The zero-order chi connectivity index (χ0) is 8.39. The highest BCUT2D eigenvalue weighted by atomic mass is 32.2. The number of aromatic amines is 1. The molecule has 7 heteroatoms. The molecule has 0 aliphatic carbocycles. The lowest BCUT2D eigenvalue weighted by molar-refractivity contribution is 0.911. The summed E-state index contributed by atoms with van der Waals surface area (Å²) >= 11 is 6.08. The Bertz CT molecular complexity index is 352. The van der Waals surface area contributed by atoms with E-state index in [0.29, 0.717) is 15.2 Å². The maximum Gasteiger partial charge on any atom is 0.195 e. The van der Waals surface area contributed by atoms with Crippen molar-refractivity contribution in [1.82, 2.24) is 15.4 Å². The van der Waals surface area contributed by atoms with Crippen molar-refractivity contribution >= 4 is 40.4 Å². The fourth-order valence-electron chi connectivity index (χ4n) is 0.614. The zero-order valence-electron chi connectivity index (χ0n) is 5.68. The van der Waals surface area contributed by atoms with E-state index in [0.717, 1.165) is 0 Å². The molecule has 2 rings (SSSR count). The van der Waals surface area contributed by atoms with E-state index in [4.69, 9.17) is 12.2 Å². The van der Waals surface area contributed by atoms with Crippen molar-refractivity contribution in [2.45, 2.75) is 5.03 Å². The van der Waals surface area contributed by atoms with Crippen molar-refractivity contribution in [1.29, 1.82) is 0 Å². The Labute approximate surface area is 77.4 Å². The molecular weight excluding hydrogens is 194 g/mol. The summed E-state index contributed by atoms with van der Waals surface area (Å²) in [7, 11) is 0. The number of thioether (sulfide) groups is 1. The second-order valence-electron chi connectivity index (χ2n) is 1.85. The summed E-state index contributed by atoms with van der Waals surface area (Å²) in [4.78, 5) is 8.39. The number of nitrogens with zero attached hydrogens (tertiary/aromatic N) is 4. The van der Waals surface area contributed by atoms with Gasteiger partial charge in [0, 0.05) is 0 Å². The minimum Gasteiger partial charge on any atom is -0.251 e. The molecular formula is C5H2N5S2. The van der Waals surface area contributed by atoms with Crippen molar-refractivity contribution in [2.24, 2.45) is 9.98 Å². The van der Waals surface area contributed by atoms with E-state index in [-0.39, 0.29) is 0 Å². The first-order chi connectivity index (χ1) is 5.84. The molecule has 1 aromatic heterocycles. The highest BCUT2D eigenvalue weighted by Gasteiger charge is 2.08. The molecule has 0 amide bonds. The molecule has 59 valence electrons. The quantitative estimate of drug-likeness (QED) is 0.663. The lowest BCUT2D eigenvalue weighted by atomic mass is 10.8. The zero-order valence-corrected chi connectivity index (χ0v) is 7.32. The summed E-state index contributed by atoms with van der Waals surface area (Å²) in [6.45, 7) is 0. The predicted octanol–water partition coefficient (Wildman–Crippen LogP) is 0.465. The molecule has 0 aromatic carbocycles. The van der Waals surface area contributed by atoms with Gasteiger partial charge < -0.3 is 0 Å². The summed E-state index contributed by atoms with van der Waals surface area (Å²) in [5.74, 6) is 0. The maximum absolute atomic E-state index is 4.79.